The highest BCUT2D eigenvalue weighted by Gasteiger charge is 2.31. The second-order valence-corrected chi connectivity index (χ2v) is 8.50. The van der Waals surface area contributed by atoms with Crippen LogP contribution in [0.2, 0.25) is 0 Å². The molecule has 0 aliphatic heterocycles. The molecule has 0 aliphatic carbocycles. The number of H-pyrrole nitrogens is 1. The average molecular weight is 451 g/mol. The number of thioether (sulfide) groups is 1. The fraction of sp³-hybridized carbons (Fsp3) is 0.227. The van der Waals surface area contributed by atoms with E-state index in [2.05, 4.69) is 25.6 Å². The molecule has 4 aromatic rings. The number of hydrogen-bond donors (Lipinski definition) is 3. The average Bonchev–Trinajstić information content (AvgIpc) is 3.42. The molecule has 0 saturated heterocycles. The number of carboxylic acid groups (broad SMARTS) is 1. The van der Waals surface area contributed by atoms with Gasteiger partial charge in [0.1, 0.15) is 5.60 Å². The van der Waals surface area contributed by atoms with Gasteiger partial charge < -0.3 is 14.8 Å². The first-order valence-electron chi connectivity index (χ1n) is 9.82. The number of aliphatic hydroxyl groups is 1. The lowest BCUT2D eigenvalue weighted by Gasteiger charge is -2.21. The summed E-state index contributed by atoms with van der Waals surface area (Å²) < 4.78 is 1.76. The van der Waals surface area contributed by atoms with Gasteiger partial charge >= 0.3 is 5.97 Å². The number of imidazole rings is 1. The molecule has 0 saturated carbocycles. The molecule has 2 aromatic heterocycles. The highest BCUT2D eigenvalue weighted by atomic mass is 32.2. The second kappa shape index (κ2) is 8.56. The molecule has 3 N–H and O–H groups in total. The Morgan fingerprint density at radius 3 is 2.38 bits per heavy atom. The van der Waals surface area contributed by atoms with Crippen LogP contribution in [0.1, 0.15) is 35.6 Å². The van der Waals surface area contributed by atoms with E-state index >= 15 is 0 Å². The van der Waals surface area contributed by atoms with Crippen molar-refractivity contribution >= 4 is 17.7 Å². The zero-order valence-corrected chi connectivity index (χ0v) is 18.6. The molecule has 2 heterocycles. The highest BCUT2D eigenvalue weighted by molar-refractivity contribution is 7.98. The number of rotatable bonds is 7. The normalized spacial score (nSPS) is 11.6. The summed E-state index contributed by atoms with van der Waals surface area (Å²) in [6.45, 7) is 3.51. The van der Waals surface area contributed by atoms with Crippen molar-refractivity contribution in [1.82, 2.24) is 30.2 Å². The molecule has 32 heavy (non-hydrogen) atoms. The molecule has 2 aromatic carbocycles. The summed E-state index contributed by atoms with van der Waals surface area (Å²) in [6.07, 6.45) is 1.83. The quantitative estimate of drug-likeness (QED) is 0.365. The van der Waals surface area contributed by atoms with Gasteiger partial charge in [0.15, 0.2) is 10.9 Å². The monoisotopic (exact) mass is 450 g/mol. The van der Waals surface area contributed by atoms with E-state index in [0.717, 1.165) is 22.3 Å². The lowest BCUT2D eigenvalue weighted by Crippen LogP contribution is -2.24. The van der Waals surface area contributed by atoms with Crippen LogP contribution in [0.5, 0.6) is 0 Å². The molecule has 4 rings (SSSR count). The molecular formula is C22H22N6O3S. The van der Waals surface area contributed by atoms with Gasteiger partial charge in [0, 0.05) is 12.1 Å². The maximum Gasteiger partial charge on any atom is 0.356 e. The predicted octanol–water partition coefficient (Wildman–Crippen LogP) is 3.43. The number of benzene rings is 2. The van der Waals surface area contributed by atoms with Crippen LogP contribution >= 0.6 is 11.8 Å². The summed E-state index contributed by atoms with van der Waals surface area (Å²) >= 11 is 1.34. The molecule has 0 fully saturated rings. The van der Waals surface area contributed by atoms with Crippen molar-refractivity contribution < 1.29 is 15.0 Å². The molecule has 0 radical (unpaired) electrons. The third-order valence-corrected chi connectivity index (χ3v) is 5.69. The Bertz CT molecular complexity index is 1240. The first-order valence-corrected chi connectivity index (χ1v) is 11.0. The van der Waals surface area contributed by atoms with Gasteiger partial charge in [-0.1, -0.05) is 60.3 Å². The lowest BCUT2D eigenvalue weighted by atomic mass is 9.98. The number of aromatic amines is 1. The largest absolute Gasteiger partial charge is 0.476 e. The summed E-state index contributed by atoms with van der Waals surface area (Å²) in [5, 5.41) is 35.1. The van der Waals surface area contributed by atoms with Crippen LogP contribution in [-0.4, -0.2) is 52.6 Å². The van der Waals surface area contributed by atoms with E-state index < -0.39 is 11.6 Å². The van der Waals surface area contributed by atoms with Gasteiger partial charge in [-0.05, 0) is 42.0 Å². The van der Waals surface area contributed by atoms with Gasteiger partial charge in [0.2, 0.25) is 5.82 Å². The van der Waals surface area contributed by atoms with Gasteiger partial charge in [0.05, 0.1) is 5.69 Å². The Balaban J connectivity index is 1.70. The Morgan fingerprint density at radius 1 is 1.12 bits per heavy atom. The molecule has 0 bridgehead atoms. The number of aromatic carboxylic acids is 1. The van der Waals surface area contributed by atoms with Gasteiger partial charge in [-0.2, -0.15) is 5.21 Å². The Morgan fingerprint density at radius 2 is 1.81 bits per heavy atom. The van der Waals surface area contributed by atoms with Gasteiger partial charge in [0.25, 0.3) is 0 Å². The summed E-state index contributed by atoms with van der Waals surface area (Å²) in [6, 6.07) is 15.7. The minimum atomic E-state index is -1.36. The number of carboxylic acids is 1. The molecular weight excluding hydrogens is 428 g/mol. The number of tetrazole rings is 1. The van der Waals surface area contributed by atoms with E-state index in [1.807, 2.05) is 54.8 Å². The topological polar surface area (TPSA) is 130 Å². The first kappa shape index (κ1) is 21.7. The van der Waals surface area contributed by atoms with E-state index in [0.29, 0.717) is 17.5 Å². The predicted molar refractivity (Wildman–Crippen MR) is 120 cm³/mol. The first-order chi connectivity index (χ1) is 15.3. The van der Waals surface area contributed by atoms with Crippen molar-refractivity contribution in [3.8, 4) is 22.5 Å². The molecule has 0 atom stereocenters. The van der Waals surface area contributed by atoms with E-state index in [-0.39, 0.29) is 11.4 Å². The molecule has 0 unspecified atom stereocenters. The molecule has 0 aliphatic rings. The second-order valence-electron chi connectivity index (χ2n) is 7.72. The van der Waals surface area contributed by atoms with Crippen molar-refractivity contribution in [2.24, 2.45) is 0 Å². The number of nitrogens with one attached hydrogen (secondary N) is 1. The van der Waals surface area contributed by atoms with Crippen LogP contribution < -0.4 is 0 Å². The highest BCUT2D eigenvalue weighted by Crippen LogP contribution is 2.32. The SMILES string of the molecule is CSc1nc(C(=O)O)c(C(C)(C)O)n1Cc1ccc(-c2ccccc2-c2nn[nH]n2)cc1. The molecule has 164 valence electrons. The van der Waals surface area contributed by atoms with Crippen LogP contribution in [0.15, 0.2) is 53.7 Å². The van der Waals surface area contributed by atoms with Crippen LogP contribution in [0, 0.1) is 0 Å². The molecule has 9 nitrogen and oxygen atoms in total. The number of nitrogens with zero attached hydrogens (tertiary/aromatic N) is 5. The molecule has 10 heteroatoms. The van der Waals surface area contributed by atoms with Crippen LogP contribution in [0.3, 0.4) is 0 Å². The Hall–Kier alpha value is -3.50. The Kier molecular flexibility index (Phi) is 5.81. The van der Waals surface area contributed by atoms with Crippen LogP contribution in [-0.2, 0) is 12.1 Å². The number of aromatic nitrogens is 6. The Labute approximate surface area is 188 Å². The van der Waals surface area contributed by atoms with Crippen molar-refractivity contribution in [2.75, 3.05) is 6.26 Å². The number of hydrogen-bond acceptors (Lipinski definition) is 7. The van der Waals surface area contributed by atoms with Crippen molar-refractivity contribution in [2.45, 2.75) is 31.1 Å². The zero-order chi connectivity index (χ0) is 22.9. The van der Waals surface area contributed by atoms with Gasteiger partial charge in [-0.15, -0.1) is 10.2 Å². The number of carbonyl (C=O) groups is 1. The minimum absolute atomic E-state index is 0.132. The summed E-state index contributed by atoms with van der Waals surface area (Å²) in [5.41, 5.74) is 2.55. The van der Waals surface area contributed by atoms with Crippen molar-refractivity contribution in [1.29, 1.82) is 0 Å². The summed E-state index contributed by atoms with van der Waals surface area (Å²) in [7, 11) is 0. The van der Waals surface area contributed by atoms with Gasteiger partial charge in [-0.3, -0.25) is 0 Å². The van der Waals surface area contributed by atoms with E-state index in [1.165, 1.54) is 11.8 Å². The van der Waals surface area contributed by atoms with E-state index in [9.17, 15) is 15.0 Å². The smallest absolute Gasteiger partial charge is 0.356 e. The summed E-state index contributed by atoms with van der Waals surface area (Å²) in [5.74, 6) is -0.645. The zero-order valence-electron chi connectivity index (χ0n) is 17.8. The third-order valence-electron chi connectivity index (χ3n) is 5.02. The van der Waals surface area contributed by atoms with E-state index in [1.54, 1.807) is 18.4 Å². The fourth-order valence-electron chi connectivity index (χ4n) is 3.68. The van der Waals surface area contributed by atoms with Crippen molar-refractivity contribution in [3.05, 3.63) is 65.5 Å². The molecule has 0 spiro atoms. The van der Waals surface area contributed by atoms with Crippen molar-refractivity contribution in [3.63, 3.8) is 0 Å². The minimum Gasteiger partial charge on any atom is -0.476 e. The molecule has 0 amide bonds. The third kappa shape index (κ3) is 4.14. The fourth-order valence-corrected chi connectivity index (χ4v) is 4.24. The standard InChI is InChI=1S/C22H22N6O3S/c1-22(2,31)18-17(20(29)30)23-21(32-3)28(18)12-13-8-10-14(11-9-13)15-6-4-5-7-16(15)19-24-26-27-25-19/h4-11,31H,12H2,1-3H3,(H,29,30)(H,24,25,26,27). The maximum atomic E-state index is 11.7. The lowest BCUT2D eigenvalue weighted by molar-refractivity contribution is 0.0586. The maximum absolute atomic E-state index is 11.7. The summed E-state index contributed by atoms with van der Waals surface area (Å²) in [4.78, 5) is 16.0. The van der Waals surface area contributed by atoms with Crippen LogP contribution in [0.25, 0.3) is 22.5 Å². The van der Waals surface area contributed by atoms with E-state index in [4.69, 9.17) is 0 Å². The van der Waals surface area contributed by atoms with Crippen LogP contribution in [0.4, 0.5) is 0 Å². The van der Waals surface area contributed by atoms with Gasteiger partial charge in [-0.25, -0.2) is 9.78 Å².